The Balaban J connectivity index is 1.92. The van der Waals surface area contributed by atoms with Gasteiger partial charge < -0.3 is 9.47 Å². The van der Waals surface area contributed by atoms with Gasteiger partial charge in [0.25, 0.3) is 0 Å². The molecule has 5 unspecified atom stereocenters. The molecule has 3 rings (SSSR count). The van der Waals surface area contributed by atoms with Gasteiger partial charge in [-0.15, -0.1) is 0 Å². The Morgan fingerprint density at radius 3 is 2.50 bits per heavy atom. The molecule has 3 nitrogen and oxygen atoms in total. The molecular weight excluding hydrogens is 228 g/mol. The Morgan fingerprint density at radius 2 is 1.72 bits per heavy atom. The van der Waals surface area contributed by atoms with E-state index in [2.05, 4.69) is 13.8 Å². The van der Waals surface area contributed by atoms with Crippen molar-refractivity contribution < 1.29 is 14.3 Å². The van der Waals surface area contributed by atoms with Crippen LogP contribution in [0.2, 0.25) is 0 Å². The molecule has 18 heavy (non-hydrogen) atoms. The largest absolute Gasteiger partial charge is 0.435 e. The third kappa shape index (κ3) is 1.87. The minimum Gasteiger partial charge on any atom is -0.435 e. The third-order valence-electron chi connectivity index (χ3n) is 5.51. The maximum absolute atomic E-state index is 11.9. The van der Waals surface area contributed by atoms with Crippen molar-refractivity contribution in [2.75, 3.05) is 0 Å². The first kappa shape index (κ1) is 12.5. The van der Waals surface area contributed by atoms with Gasteiger partial charge in [0, 0.05) is 5.92 Å². The first-order valence-corrected chi connectivity index (χ1v) is 7.44. The standard InChI is InChI=1S/C15H24O3/c1-8-4-6-12-10(3)14(16)18-15-13(12)11(8)7-5-9(2)17-15/h8-13,15H,4-7H2,1-3H3/t8-,9+,10?,11?,12?,13?,15?/m1/s1. The van der Waals surface area contributed by atoms with Crippen molar-refractivity contribution >= 4 is 5.97 Å². The van der Waals surface area contributed by atoms with Crippen LogP contribution < -0.4 is 0 Å². The van der Waals surface area contributed by atoms with Crippen molar-refractivity contribution in [3.63, 3.8) is 0 Å². The number of ether oxygens (including phenoxy) is 2. The molecule has 0 aromatic carbocycles. The molecule has 7 atom stereocenters. The van der Waals surface area contributed by atoms with Crippen molar-refractivity contribution in [3.8, 4) is 0 Å². The molecule has 0 amide bonds. The molecule has 3 heteroatoms. The number of hydrogen-bond acceptors (Lipinski definition) is 3. The van der Waals surface area contributed by atoms with E-state index in [1.807, 2.05) is 6.92 Å². The van der Waals surface area contributed by atoms with Crippen molar-refractivity contribution in [2.45, 2.75) is 58.8 Å². The molecular formula is C15H24O3. The lowest BCUT2D eigenvalue weighted by atomic mass is 9.61. The highest BCUT2D eigenvalue weighted by molar-refractivity contribution is 5.73. The predicted molar refractivity (Wildman–Crippen MR) is 67.7 cm³/mol. The van der Waals surface area contributed by atoms with Crippen molar-refractivity contribution in [2.24, 2.45) is 29.6 Å². The first-order valence-electron chi connectivity index (χ1n) is 7.44. The molecule has 2 heterocycles. The van der Waals surface area contributed by atoms with Gasteiger partial charge in [0.2, 0.25) is 6.29 Å². The molecule has 1 saturated carbocycles. The van der Waals surface area contributed by atoms with E-state index in [1.54, 1.807) is 0 Å². The van der Waals surface area contributed by atoms with E-state index in [-0.39, 0.29) is 24.3 Å². The summed E-state index contributed by atoms with van der Waals surface area (Å²) in [6.45, 7) is 6.49. The lowest BCUT2D eigenvalue weighted by molar-refractivity contribution is -0.240. The van der Waals surface area contributed by atoms with E-state index in [0.717, 1.165) is 18.8 Å². The predicted octanol–water partition coefficient (Wildman–Crippen LogP) is 2.98. The molecule has 0 aromatic rings. The highest BCUT2D eigenvalue weighted by Crippen LogP contribution is 2.50. The molecule has 3 aliphatic rings. The van der Waals surface area contributed by atoms with Crippen LogP contribution in [0.25, 0.3) is 0 Å². The maximum Gasteiger partial charge on any atom is 0.311 e. The summed E-state index contributed by atoms with van der Waals surface area (Å²) in [5, 5.41) is 0. The van der Waals surface area contributed by atoms with Gasteiger partial charge in [-0.1, -0.05) is 20.3 Å². The first-order chi connectivity index (χ1) is 8.58. The summed E-state index contributed by atoms with van der Waals surface area (Å²) >= 11 is 0. The number of carbonyl (C=O) groups is 1. The Hall–Kier alpha value is -0.570. The van der Waals surface area contributed by atoms with Gasteiger partial charge in [0.15, 0.2) is 0 Å². The molecule has 0 radical (unpaired) electrons. The topological polar surface area (TPSA) is 35.5 Å². The van der Waals surface area contributed by atoms with Gasteiger partial charge in [0.05, 0.1) is 12.0 Å². The van der Waals surface area contributed by atoms with Gasteiger partial charge >= 0.3 is 5.97 Å². The SMILES string of the molecule is CC1C(=O)OC2O[C@@H](C)CCC3C2C1CC[C@H]3C. The van der Waals surface area contributed by atoms with E-state index in [0.29, 0.717) is 17.8 Å². The van der Waals surface area contributed by atoms with Crippen LogP contribution in [0.4, 0.5) is 0 Å². The second-order valence-electron chi connectivity index (χ2n) is 6.58. The minimum absolute atomic E-state index is 0.0522. The zero-order valence-electron chi connectivity index (χ0n) is 11.6. The fourth-order valence-electron chi connectivity index (χ4n) is 4.34. The fourth-order valence-corrected chi connectivity index (χ4v) is 4.34. The Bertz CT molecular complexity index is 341. The van der Waals surface area contributed by atoms with Gasteiger partial charge in [-0.2, -0.15) is 0 Å². The van der Waals surface area contributed by atoms with Gasteiger partial charge in [-0.05, 0) is 43.9 Å². The summed E-state index contributed by atoms with van der Waals surface area (Å²) in [6, 6.07) is 0. The fraction of sp³-hybridized carbons (Fsp3) is 0.933. The number of carbonyl (C=O) groups excluding carboxylic acids is 1. The van der Waals surface area contributed by atoms with Crippen LogP contribution in [0.15, 0.2) is 0 Å². The summed E-state index contributed by atoms with van der Waals surface area (Å²) in [5.41, 5.74) is 0. The Kier molecular flexibility index (Phi) is 3.13. The van der Waals surface area contributed by atoms with Crippen molar-refractivity contribution in [1.82, 2.24) is 0 Å². The zero-order valence-corrected chi connectivity index (χ0v) is 11.6. The average Bonchev–Trinajstić information content (AvgIpc) is 2.49. The summed E-state index contributed by atoms with van der Waals surface area (Å²) in [7, 11) is 0. The quantitative estimate of drug-likeness (QED) is 0.622. The van der Waals surface area contributed by atoms with Crippen LogP contribution in [0.5, 0.6) is 0 Å². The van der Waals surface area contributed by atoms with Crippen LogP contribution in [0.1, 0.15) is 46.5 Å². The van der Waals surface area contributed by atoms with Gasteiger partial charge in [-0.25, -0.2) is 0 Å². The van der Waals surface area contributed by atoms with Crippen LogP contribution in [-0.2, 0) is 14.3 Å². The van der Waals surface area contributed by atoms with E-state index in [4.69, 9.17) is 9.47 Å². The van der Waals surface area contributed by atoms with Gasteiger partial charge in [-0.3, -0.25) is 4.79 Å². The summed E-state index contributed by atoms with van der Waals surface area (Å²) in [5.74, 6) is 2.33. The third-order valence-corrected chi connectivity index (χ3v) is 5.51. The minimum atomic E-state index is -0.274. The Morgan fingerprint density at radius 1 is 1.00 bits per heavy atom. The van der Waals surface area contributed by atoms with Crippen LogP contribution in [-0.4, -0.2) is 18.4 Å². The van der Waals surface area contributed by atoms with E-state index < -0.39 is 0 Å². The lowest BCUT2D eigenvalue weighted by Crippen LogP contribution is -2.51. The molecule has 0 N–H and O–H groups in total. The normalized spacial score (nSPS) is 52.2. The summed E-state index contributed by atoms with van der Waals surface area (Å²) < 4.78 is 11.6. The monoisotopic (exact) mass is 252 g/mol. The Labute approximate surface area is 109 Å². The van der Waals surface area contributed by atoms with Crippen LogP contribution >= 0.6 is 0 Å². The number of esters is 1. The van der Waals surface area contributed by atoms with Crippen LogP contribution in [0, 0.1) is 29.6 Å². The zero-order chi connectivity index (χ0) is 12.9. The van der Waals surface area contributed by atoms with E-state index in [9.17, 15) is 4.79 Å². The van der Waals surface area contributed by atoms with Crippen LogP contribution in [0.3, 0.4) is 0 Å². The molecule has 2 aliphatic heterocycles. The van der Waals surface area contributed by atoms with Crippen molar-refractivity contribution in [1.29, 1.82) is 0 Å². The number of rotatable bonds is 0. The molecule has 0 spiro atoms. The smallest absolute Gasteiger partial charge is 0.311 e. The highest BCUT2D eigenvalue weighted by atomic mass is 16.7. The van der Waals surface area contributed by atoms with Gasteiger partial charge in [0.1, 0.15) is 0 Å². The van der Waals surface area contributed by atoms with E-state index >= 15 is 0 Å². The molecule has 102 valence electrons. The average molecular weight is 252 g/mol. The molecule has 0 aromatic heterocycles. The summed E-state index contributed by atoms with van der Waals surface area (Å²) in [4.78, 5) is 11.9. The number of hydrogen-bond donors (Lipinski definition) is 0. The molecule has 3 fully saturated rings. The molecule has 0 bridgehead atoms. The molecule has 1 aliphatic carbocycles. The maximum atomic E-state index is 11.9. The highest BCUT2D eigenvalue weighted by Gasteiger charge is 2.52. The second-order valence-corrected chi connectivity index (χ2v) is 6.58. The summed E-state index contributed by atoms with van der Waals surface area (Å²) in [6.07, 6.45) is 4.68. The van der Waals surface area contributed by atoms with E-state index in [1.165, 1.54) is 12.8 Å². The second kappa shape index (κ2) is 4.52. The van der Waals surface area contributed by atoms with Crippen molar-refractivity contribution in [3.05, 3.63) is 0 Å². The lowest BCUT2D eigenvalue weighted by Gasteiger charge is -2.48. The molecule has 2 saturated heterocycles.